The van der Waals surface area contributed by atoms with E-state index in [9.17, 15) is 4.79 Å². The highest BCUT2D eigenvalue weighted by atomic mass is 16.7. The molecule has 0 saturated heterocycles. The molecule has 5 nitrogen and oxygen atoms in total. The molecule has 0 fully saturated rings. The van der Waals surface area contributed by atoms with Crippen molar-refractivity contribution in [2.45, 2.75) is 6.92 Å². The first-order valence-electron chi connectivity index (χ1n) is 7.20. The molecule has 2 aromatic rings. The lowest BCUT2D eigenvalue weighted by Crippen LogP contribution is -2.18. The van der Waals surface area contributed by atoms with Crippen molar-refractivity contribution in [1.82, 2.24) is 5.43 Å². The number of nitrogens with zero attached hydrogens (tertiary/aromatic N) is 1. The van der Waals surface area contributed by atoms with Crippen LogP contribution in [0, 0.1) is 0 Å². The summed E-state index contributed by atoms with van der Waals surface area (Å²) in [5.41, 5.74) is 4.77. The number of benzene rings is 2. The molecule has 0 aromatic heterocycles. The summed E-state index contributed by atoms with van der Waals surface area (Å²) >= 11 is 0. The maximum Gasteiger partial charge on any atom is 0.271 e. The van der Waals surface area contributed by atoms with Gasteiger partial charge in [-0.2, -0.15) is 5.10 Å². The molecule has 2 aromatic carbocycles. The lowest BCUT2D eigenvalue weighted by molar-refractivity contribution is 0.0954. The van der Waals surface area contributed by atoms with Crippen LogP contribution in [-0.2, 0) is 0 Å². The fourth-order valence-electron chi connectivity index (χ4n) is 2.06. The van der Waals surface area contributed by atoms with Gasteiger partial charge in [0.1, 0.15) is 0 Å². The van der Waals surface area contributed by atoms with Crippen LogP contribution in [0.3, 0.4) is 0 Å². The quantitative estimate of drug-likeness (QED) is 0.697. The minimum absolute atomic E-state index is 0.182. The zero-order valence-electron chi connectivity index (χ0n) is 12.7. The Morgan fingerprint density at radius 3 is 2.74 bits per heavy atom. The summed E-state index contributed by atoms with van der Waals surface area (Å²) in [6.07, 6.45) is 3.78. The van der Waals surface area contributed by atoms with E-state index in [1.807, 2.05) is 49.4 Å². The van der Waals surface area contributed by atoms with E-state index in [1.165, 1.54) is 0 Å². The number of carbonyl (C=O) groups excluding carboxylic acids is 1. The first-order valence-corrected chi connectivity index (χ1v) is 7.20. The van der Waals surface area contributed by atoms with Crippen LogP contribution in [0.4, 0.5) is 0 Å². The number of carbonyl (C=O) groups is 1. The molecule has 0 unspecified atom stereocenters. The normalized spacial score (nSPS) is 13.3. The Labute approximate surface area is 134 Å². The summed E-state index contributed by atoms with van der Waals surface area (Å²) in [5, 5.41) is 4.07. The molecular formula is C18H16N2O3. The van der Waals surface area contributed by atoms with Crippen LogP contribution in [0.2, 0.25) is 0 Å². The van der Waals surface area contributed by atoms with Crippen molar-refractivity contribution in [3.8, 4) is 11.5 Å². The Hall–Kier alpha value is -3.08. The van der Waals surface area contributed by atoms with Crippen molar-refractivity contribution >= 4 is 17.7 Å². The molecule has 0 spiro atoms. The lowest BCUT2D eigenvalue weighted by atomic mass is 10.2. The van der Waals surface area contributed by atoms with Gasteiger partial charge in [-0.3, -0.25) is 4.79 Å². The standard InChI is InChI=1S/C18H16N2O3/c1-13(7-8-14-5-3-2-4-6-14)19-20-18(21)15-9-10-16-17(11-15)23-12-22-16/h2-11H,12H2,1H3,(H,20,21)/b8-7-,19-13?. The maximum atomic E-state index is 12.1. The third-order valence-electron chi connectivity index (χ3n) is 3.29. The smallest absolute Gasteiger partial charge is 0.271 e. The van der Waals surface area contributed by atoms with Crippen LogP contribution < -0.4 is 14.9 Å². The van der Waals surface area contributed by atoms with Gasteiger partial charge < -0.3 is 9.47 Å². The average molecular weight is 308 g/mol. The van der Waals surface area contributed by atoms with Crippen molar-refractivity contribution in [3.63, 3.8) is 0 Å². The van der Waals surface area contributed by atoms with Gasteiger partial charge in [-0.1, -0.05) is 36.4 Å². The van der Waals surface area contributed by atoms with Gasteiger partial charge in [0.2, 0.25) is 6.79 Å². The highest BCUT2D eigenvalue weighted by Gasteiger charge is 2.15. The third-order valence-corrected chi connectivity index (χ3v) is 3.29. The van der Waals surface area contributed by atoms with Gasteiger partial charge in [0.05, 0.1) is 5.71 Å². The Bertz CT molecular complexity index is 767. The Balaban J connectivity index is 1.62. The van der Waals surface area contributed by atoms with Gasteiger partial charge in [0.25, 0.3) is 5.91 Å². The SMILES string of the molecule is CC(/C=C\c1ccccc1)=NNC(=O)c1ccc2c(c1)OCO2. The molecule has 1 amide bonds. The maximum absolute atomic E-state index is 12.1. The number of ether oxygens (including phenoxy) is 2. The zero-order chi connectivity index (χ0) is 16.1. The van der Waals surface area contributed by atoms with E-state index in [0.717, 1.165) is 5.56 Å². The fraction of sp³-hybridized carbons (Fsp3) is 0.111. The summed E-state index contributed by atoms with van der Waals surface area (Å²) in [7, 11) is 0. The summed E-state index contributed by atoms with van der Waals surface area (Å²) in [4.78, 5) is 12.1. The number of amides is 1. The van der Waals surface area contributed by atoms with Crippen LogP contribution in [-0.4, -0.2) is 18.4 Å². The van der Waals surface area contributed by atoms with E-state index < -0.39 is 0 Å². The second-order valence-corrected chi connectivity index (χ2v) is 5.01. The molecule has 1 aliphatic heterocycles. The van der Waals surface area contributed by atoms with Crippen LogP contribution in [0.15, 0.2) is 59.7 Å². The Morgan fingerprint density at radius 2 is 1.91 bits per heavy atom. The van der Waals surface area contributed by atoms with Gasteiger partial charge in [-0.25, -0.2) is 5.43 Å². The molecule has 3 rings (SSSR count). The molecule has 1 N–H and O–H groups in total. The summed E-state index contributed by atoms with van der Waals surface area (Å²) in [6, 6.07) is 14.9. The Kier molecular flexibility index (Phi) is 4.38. The largest absolute Gasteiger partial charge is 0.454 e. The molecule has 0 atom stereocenters. The minimum atomic E-state index is -0.296. The van der Waals surface area contributed by atoms with E-state index in [0.29, 0.717) is 22.8 Å². The fourth-order valence-corrected chi connectivity index (χ4v) is 2.06. The third kappa shape index (κ3) is 3.77. The van der Waals surface area contributed by atoms with Crippen molar-refractivity contribution in [1.29, 1.82) is 0 Å². The second-order valence-electron chi connectivity index (χ2n) is 5.01. The molecule has 5 heteroatoms. The molecule has 0 aliphatic carbocycles. The first kappa shape index (κ1) is 14.8. The van der Waals surface area contributed by atoms with Gasteiger partial charge >= 0.3 is 0 Å². The second kappa shape index (κ2) is 6.79. The molecule has 1 aliphatic rings. The zero-order valence-corrected chi connectivity index (χ0v) is 12.7. The van der Waals surface area contributed by atoms with Crippen molar-refractivity contribution in [3.05, 3.63) is 65.7 Å². The van der Waals surface area contributed by atoms with E-state index in [-0.39, 0.29) is 12.7 Å². The van der Waals surface area contributed by atoms with Gasteiger partial charge in [-0.05, 0) is 36.8 Å². The number of hydrogen-bond acceptors (Lipinski definition) is 4. The van der Waals surface area contributed by atoms with E-state index >= 15 is 0 Å². The van der Waals surface area contributed by atoms with E-state index in [1.54, 1.807) is 18.2 Å². The van der Waals surface area contributed by atoms with Gasteiger partial charge in [0, 0.05) is 5.56 Å². The first-order chi connectivity index (χ1) is 11.2. The molecule has 23 heavy (non-hydrogen) atoms. The topological polar surface area (TPSA) is 59.9 Å². The molecule has 1 heterocycles. The summed E-state index contributed by atoms with van der Waals surface area (Å²) < 4.78 is 10.5. The van der Waals surface area contributed by atoms with Crippen LogP contribution in [0.5, 0.6) is 11.5 Å². The summed E-state index contributed by atoms with van der Waals surface area (Å²) in [5.74, 6) is 0.921. The van der Waals surface area contributed by atoms with Crippen molar-refractivity contribution < 1.29 is 14.3 Å². The average Bonchev–Trinajstić information content (AvgIpc) is 3.06. The molecule has 116 valence electrons. The highest BCUT2D eigenvalue weighted by molar-refractivity contribution is 5.99. The van der Waals surface area contributed by atoms with Crippen LogP contribution in [0.1, 0.15) is 22.8 Å². The van der Waals surface area contributed by atoms with Gasteiger partial charge in [0.15, 0.2) is 11.5 Å². The van der Waals surface area contributed by atoms with Crippen LogP contribution in [0.25, 0.3) is 6.08 Å². The van der Waals surface area contributed by atoms with Gasteiger partial charge in [-0.15, -0.1) is 0 Å². The monoisotopic (exact) mass is 308 g/mol. The summed E-state index contributed by atoms with van der Waals surface area (Å²) in [6.45, 7) is 2.00. The molecule has 0 saturated carbocycles. The van der Waals surface area contributed by atoms with Crippen molar-refractivity contribution in [2.75, 3.05) is 6.79 Å². The molecule has 0 radical (unpaired) electrons. The number of hydrogen-bond donors (Lipinski definition) is 1. The number of nitrogens with one attached hydrogen (secondary N) is 1. The van der Waals surface area contributed by atoms with Crippen molar-refractivity contribution in [2.24, 2.45) is 5.10 Å². The highest BCUT2D eigenvalue weighted by Crippen LogP contribution is 2.32. The number of hydrazone groups is 1. The van der Waals surface area contributed by atoms with E-state index in [2.05, 4.69) is 10.5 Å². The van der Waals surface area contributed by atoms with Crippen LogP contribution >= 0.6 is 0 Å². The predicted molar refractivity (Wildman–Crippen MR) is 88.6 cm³/mol. The number of fused-ring (bicyclic) bond motifs is 1. The lowest BCUT2D eigenvalue weighted by Gasteiger charge is -2.02. The molecular weight excluding hydrogens is 292 g/mol. The van der Waals surface area contributed by atoms with E-state index in [4.69, 9.17) is 9.47 Å². The Morgan fingerprint density at radius 1 is 1.13 bits per heavy atom. The minimum Gasteiger partial charge on any atom is -0.454 e. The number of rotatable bonds is 4. The number of allylic oxidation sites excluding steroid dienone is 1. The molecule has 0 bridgehead atoms. The predicted octanol–water partition coefficient (Wildman–Crippen LogP) is 3.23.